The number of piperazine rings is 1. The summed E-state index contributed by atoms with van der Waals surface area (Å²) in [5, 5.41) is 5.26. The van der Waals surface area contributed by atoms with Gasteiger partial charge in [-0.1, -0.05) is 30.7 Å². The summed E-state index contributed by atoms with van der Waals surface area (Å²) >= 11 is 7.88. The average molecular weight is 499 g/mol. The van der Waals surface area contributed by atoms with Crippen LogP contribution in [-0.4, -0.2) is 78.5 Å². The largest absolute Gasteiger partial charge is 0.352 e. The molecule has 1 aromatic carbocycles. The molecule has 1 saturated heterocycles. The molecule has 0 spiro atoms. The van der Waals surface area contributed by atoms with E-state index in [2.05, 4.69) is 34.1 Å². The molecule has 2 aromatic heterocycles. The van der Waals surface area contributed by atoms with Crippen LogP contribution >= 0.6 is 22.9 Å². The molecule has 9 heteroatoms. The lowest BCUT2D eigenvalue weighted by Crippen LogP contribution is -2.51. The van der Waals surface area contributed by atoms with Gasteiger partial charge >= 0.3 is 0 Å². The molecule has 1 atom stereocenters. The number of nitrogens with zero attached hydrogens (tertiary/aromatic N) is 5. The second-order valence-electron chi connectivity index (χ2n) is 9.09. The number of hydrogen-bond donors (Lipinski definition) is 1. The van der Waals surface area contributed by atoms with Gasteiger partial charge in [0.15, 0.2) is 0 Å². The van der Waals surface area contributed by atoms with Gasteiger partial charge in [0.05, 0.1) is 11.3 Å². The third kappa shape index (κ3) is 4.64. The first kappa shape index (κ1) is 23.5. The van der Waals surface area contributed by atoms with Crippen molar-refractivity contribution in [3.63, 3.8) is 0 Å². The molecule has 1 amide bonds. The van der Waals surface area contributed by atoms with Crippen molar-refractivity contribution in [2.24, 2.45) is 0 Å². The van der Waals surface area contributed by atoms with Crippen molar-refractivity contribution in [1.82, 2.24) is 25.1 Å². The minimum atomic E-state index is -0.213. The van der Waals surface area contributed by atoms with Crippen LogP contribution in [0.4, 0.5) is 5.82 Å². The van der Waals surface area contributed by atoms with Gasteiger partial charge in [-0.15, -0.1) is 11.3 Å². The lowest BCUT2D eigenvalue weighted by atomic mass is 9.97. The molecule has 2 aliphatic rings. The van der Waals surface area contributed by atoms with Gasteiger partial charge in [0.25, 0.3) is 0 Å². The van der Waals surface area contributed by atoms with Crippen molar-refractivity contribution in [1.29, 1.82) is 0 Å². The van der Waals surface area contributed by atoms with Gasteiger partial charge in [-0.3, -0.25) is 4.79 Å². The second-order valence-corrected chi connectivity index (χ2v) is 10.6. The Hall–Kier alpha value is -2.26. The molecular formula is C25H31ClN6OS. The Labute approximate surface area is 209 Å². The number of nitrogens with one attached hydrogen (secondary N) is 1. The van der Waals surface area contributed by atoms with E-state index in [1.54, 1.807) is 17.7 Å². The maximum Gasteiger partial charge on any atom is 0.231 e. The zero-order valence-corrected chi connectivity index (χ0v) is 21.3. The number of halogens is 1. The van der Waals surface area contributed by atoms with Crippen LogP contribution in [0, 0.1) is 0 Å². The Bertz CT molecular complexity index is 1160. The van der Waals surface area contributed by atoms with Crippen molar-refractivity contribution in [2.45, 2.75) is 25.8 Å². The van der Waals surface area contributed by atoms with Gasteiger partial charge in [0, 0.05) is 55.7 Å². The SMILES string of the molecule is CCNCC(C(=O)N1CCN(c2ncnc3sc4c(c23)CCN(C)C4)CC1)c1ccc(Cl)cc1. The van der Waals surface area contributed by atoms with Crippen LogP contribution in [0.15, 0.2) is 30.6 Å². The zero-order valence-electron chi connectivity index (χ0n) is 19.8. The molecule has 2 aliphatic heterocycles. The summed E-state index contributed by atoms with van der Waals surface area (Å²) in [5.41, 5.74) is 2.42. The highest BCUT2D eigenvalue weighted by Gasteiger charge is 2.30. The molecular weight excluding hydrogens is 468 g/mol. The Morgan fingerprint density at radius 3 is 2.65 bits per heavy atom. The normalized spacial score (nSPS) is 17.7. The fraction of sp³-hybridized carbons (Fsp3) is 0.480. The molecule has 34 heavy (non-hydrogen) atoms. The summed E-state index contributed by atoms with van der Waals surface area (Å²) in [6, 6.07) is 7.65. The van der Waals surface area contributed by atoms with Crippen molar-refractivity contribution >= 4 is 44.9 Å². The van der Waals surface area contributed by atoms with Crippen LogP contribution in [-0.2, 0) is 17.8 Å². The molecule has 1 N–H and O–H groups in total. The Morgan fingerprint density at radius 2 is 1.91 bits per heavy atom. The quantitative estimate of drug-likeness (QED) is 0.562. The van der Waals surface area contributed by atoms with Gasteiger partial charge < -0.3 is 20.0 Å². The molecule has 0 saturated carbocycles. The van der Waals surface area contributed by atoms with E-state index in [-0.39, 0.29) is 11.8 Å². The molecule has 180 valence electrons. The van der Waals surface area contributed by atoms with Gasteiger partial charge in [0.1, 0.15) is 17.0 Å². The summed E-state index contributed by atoms with van der Waals surface area (Å²) in [4.78, 5) is 32.0. The van der Waals surface area contributed by atoms with Crippen molar-refractivity contribution in [3.05, 3.63) is 51.6 Å². The summed E-state index contributed by atoms with van der Waals surface area (Å²) in [6.07, 6.45) is 2.73. The number of carbonyl (C=O) groups is 1. The average Bonchev–Trinajstić information content (AvgIpc) is 3.23. The number of hydrogen-bond acceptors (Lipinski definition) is 7. The fourth-order valence-electron chi connectivity index (χ4n) is 4.97. The second kappa shape index (κ2) is 10.2. The Morgan fingerprint density at radius 1 is 1.15 bits per heavy atom. The van der Waals surface area contributed by atoms with Crippen molar-refractivity contribution < 1.29 is 4.79 Å². The standard InChI is InChI=1S/C25H31ClN6OS/c1-3-27-14-20(17-4-6-18(26)7-5-17)25(33)32-12-10-31(11-13-32)23-22-19-8-9-30(2)15-21(19)34-24(22)29-16-28-23/h4-7,16,20,27H,3,8-15H2,1-2H3. The van der Waals surface area contributed by atoms with Gasteiger partial charge in [-0.2, -0.15) is 0 Å². The van der Waals surface area contributed by atoms with E-state index in [1.807, 2.05) is 29.2 Å². The number of likely N-dealkylation sites (N-methyl/N-ethyl adjacent to an activating group) is 2. The number of carbonyl (C=O) groups excluding carboxylic acids is 1. The van der Waals surface area contributed by atoms with Gasteiger partial charge in [0.2, 0.25) is 5.91 Å². The number of benzene rings is 1. The molecule has 1 fully saturated rings. The van der Waals surface area contributed by atoms with E-state index in [0.717, 1.165) is 55.4 Å². The fourth-order valence-corrected chi connectivity index (χ4v) is 6.36. The maximum atomic E-state index is 13.5. The monoisotopic (exact) mass is 498 g/mol. The maximum absolute atomic E-state index is 13.5. The van der Waals surface area contributed by atoms with E-state index in [9.17, 15) is 4.79 Å². The topological polar surface area (TPSA) is 64.6 Å². The molecule has 5 rings (SSSR count). The van der Waals surface area contributed by atoms with E-state index in [1.165, 1.54) is 15.8 Å². The summed E-state index contributed by atoms with van der Waals surface area (Å²) in [7, 11) is 2.17. The highest BCUT2D eigenvalue weighted by Crippen LogP contribution is 2.38. The number of anilines is 1. The minimum Gasteiger partial charge on any atom is -0.352 e. The zero-order chi connectivity index (χ0) is 23.7. The van der Waals surface area contributed by atoms with Crippen LogP contribution in [0.1, 0.15) is 28.8 Å². The summed E-state index contributed by atoms with van der Waals surface area (Å²) in [6.45, 7) is 8.49. The molecule has 3 aromatic rings. The van der Waals surface area contributed by atoms with Crippen LogP contribution in [0.3, 0.4) is 0 Å². The molecule has 0 radical (unpaired) electrons. The first-order valence-electron chi connectivity index (χ1n) is 12.0. The smallest absolute Gasteiger partial charge is 0.231 e. The number of amides is 1. The molecule has 0 bridgehead atoms. The van der Waals surface area contributed by atoms with E-state index in [4.69, 9.17) is 16.6 Å². The lowest BCUT2D eigenvalue weighted by Gasteiger charge is -2.37. The number of rotatable bonds is 6. The van der Waals surface area contributed by atoms with E-state index < -0.39 is 0 Å². The first-order chi connectivity index (χ1) is 16.5. The third-order valence-corrected chi connectivity index (χ3v) is 8.24. The number of aromatic nitrogens is 2. The molecule has 0 aliphatic carbocycles. The van der Waals surface area contributed by atoms with E-state index in [0.29, 0.717) is 24.7 Å². The van der Waals surface area contributed by atoms with Crippen molar-refractivity contribution in [2.75, 3.05) is 57.8 Å². The molecule has 1 unspecified atom stereocenters. The number of fused-ring (bicyclic) bond motifs is 3. The summed E-state index contributed by atoms with van der Waals surface area (Å²) in [5.74, 6) is 0.989. The highest BCUT2D eigenvalue weighted by molar-refractivity contribution is 7.19. The Kier molecular flexibility index (Phi) is 7.01. The summed E-state index contributed by atoms with van der Waals surface area (Å²) < 4.78 is 0. The first-order valence-corrected chi connectivity index (χ1v) is 13.2. The van der Waals surface area contributed by atoms with Crippen molar-refractivity contribution in [3.8, 4) is 0 Å². The van der Waals surface area contributed by atoms with Gasteiger partial charge in [-0.25, -0.2) is 9.97 Å². The Balaban J connectivity index is 1.33. The molecule has 4 heterocycles. The van der Waals surface area contributed by atoms with Crippen LogP contribution in [0.2, 0.25) is 5.02 Å². The molecule has 7 nitrogen and oxygen atoms in total. The third-order valence-electron chi connectivity index (χ3n) is 6.87. The number of thiophene rings is 1. The highest BCUT2D eigenvalue weighted by atomic mass is 35.5. The van der Waals surface area contributed by atoms with E-state index >= 15 is 0 Å². The van der Waals surface area contributed by atoms with Crippen LogP contribution in [0.25, 0.3) is 10.2 Å². The van der Waals surface area contributed by atoms with Gasteiger partial charge in [-0.05, 0) is 43.3 Å². The van der Waals surface area contributed by atoms with Crippen LogP contribution < -0.4 is 10.2 Å². The van der Waals surface area contributed by atoms with Crippen LogP contribution in [0.5, 0.6) is 0 Å². The predicted molar refractivity (Wildman–Crippen MR) is 139 cm³/mol. The lowest BCUT2D eigenvalue weighted by molar-refractivity contribution is -0.133. The minimum absolute atomic E-state index is 0.173. The predicted octanol–water partition coefficient (Wildman–Crippen LogP) is 3.37.